The molecule has 1 aromatic heterocycles. The van der Waals surface area contributed by atoms with Crippen molar-refractivity contribution in [2.24, 2.45) is 0 Å². The van der Waals surface area contributed by atoms with Gasteiger partial charge in [-0.15, -0.1) is 0 Å². The molecule has 0 bridgehead atoms. The monoisotopic (exact) mass is 441 g/mol. The summed E-state index contributed by atoms with van der Waals surface area (Å²) in [7, 11) is 2.22. The first-order valence-electron chi connectivity index (χ1n) is 9.92. The molecule has 8 heteroatoms. The van der Waals surface area contributed by atoms with Crippen LogP contribution in [0.25, 0.3) is 16.9 Å². The van der Waals surface area contributed by atoms with E-state index in [1.165, 1.54) is 0 Å². The quantitative estimate of drug-likeness (QED) is 0.550. The second kappa shape index (κ2) is 10.3. The van der Waals surface area contributed by atoms with Gasteiger partial charge in [0.15, 0.2) is 11.5 Å². The first-order chi connectivity index (χ1) is 14.9. The molecule has 2 atom stereocenters. The molecule has 0 fully saturated rings. The summed E-state index contributed by atoms with van der Waals surface area (Å²) in [6.45, 7) is 2.34. The van der Waals surface area contributed by atoms with Crippen LogP contribution in [0.4, 0.5) is 0 Å². The smallest absolute Gasteiger partial charge is 0.255 e. The van der Waals surface area contributed by atoms with Gasteiger partial charge in [0.2, 0.25) is 0 Å². The molecular formula is C23H27N3O4S. The van der Waals surface area contributed by atoms with Gasteiger partial charge in [-0.1, -0.05) is 25.1 Å². The van der Waals surface area contributed by atoms with Crippen molar-refractivity contribution in [3.63, 3.8) is 0 Å². The number of hydrogen-bond acceptors (Lipinski definition) is 5. The average Bonchev–Trinajstić information content (AvgIpc) is 3.24. The fourth-order valence-corrected chi connectivity index (χ4v) is 3.55. The highest BCUT2D eigenvalue weighted by Crippen LogP contribution is 2.33. The minimum Gasteiger partial charge on any atom is -0.493 e. The Balaban J connectivity index is 1.96. The van der Waals surface area contributed by atoms with Gasteiger partial charge in [0, 0.05) is 40.6 Å². The molecule has 7 nitrogen and oxygen atoms in total. The van der Waals surface area contributed by atoms with E-state index < -0.39 is 10.8 Å². The van der Waals surface area contributed by atoms with E-state index in [-0.39, 0.29) is 11.2 Å². The molecule has 1 N–H and O–H groups in total. The van der Waals surface area contributed by atoms with Crippen LogP contribution in [0, 0.1) is 0 Å². The second-order valence-corrected chi connectivity index (χ2v) is 8.90. The highest BCUT2D eigenvalue weighted by atomic mass is 32.2. The first kappa shape index (κ1) is 22.6. The topological polar surface area (TPSA) is 82.5 Å². The lowest BCUT2D eigenvalue weighted by molar-refractivity contribution is 0.0954. The van der Waals surface area contributed by atoms with Gasteiger partial charge in [-0.3, -0.25) is 9.00 Å². The maximum atomic E-state index is 13.0. The van der Waals surface area contributed by atoms with E-state index >= 15 is 0 Å². The number of methoxy groups -OCH3 is 2. The van der Waals surface area contributed by atoms with Gasteiger partial charge < -0.3 is 14.8 Å². The van der Waals surface area contributed by atoms with Crippen molar-refractivity contribution in [1.82, 2.24) is 15.1 Å². The van der Waals surface area contributed by atoms with Crippen LogP contribution in [0.2, 0.25) is 0 Å². The zero-order chi connectivity index (χ0) is 22.4. The normalized spacial score (nSPS) is 12.8. The molecule has 164 valence electrons. The van der Waals surface area contributed by atoms with E-state index in [4.69, 9.17) is 9.47 Å². The fourth-order valence-electron chi connectivity index (χ4n) is 3.10. The van der Waals surface area contributed by atoms with Crippen LogP contribution >= 0.6 is 0 Å². The van der Waals surface area contributed by atoms with Gasteiger partial charge in [0.05, 0.1) is 25.5 Å². The predicted molar refractivity (Wildman–Crippen MR) is 123 cm³/mol. The van der Waals surface area contributed by atoms with Crippen molar-refractivity contribution >= 4 is 16.7 Å². The van der Waals surface area contributed by atoms with Crippen molar-refractivity contribution in [2.75, 3.05) is 27.0 Å². The van der Waals surface area contributed by atoms with Gasteiger partial charge in [-0.25, -0.2) is 4.68 Å². The number of nitrogens with zero attached hydrogens (tertiary/aromatic N) is 2. The summed E-state index contributed by atoms with van der Waals surface area (Å²) in [5.74, 6) is 0.919. The van der Waals surface area contributed by atoms with Gasteiger partial charge >= 0.3 is 0 Å². The number of hydrogen-bond donors (Lipinski definition) is 1. The standard InChI is InChI=1S/C23H27N3O4S/c1-16(31(4)28)12-13-24-23(27)19-15-26(18-8-6-5-7-9-18)25-22(19)17-10-11-20(29-2)21(14-17)30-3/h5-11,14-16H,12-13H2,1-4H3,(H,24,27). The van der Waals surface area contributed by atoms with E-state index in [1.54, 1.807) is 43.5 Å². The summed E-state index contributed by atoms with van der Waals surface area (Å²) in [6, 6.07) is 15.0. The molecule has 1 amide bonds. The van der Waals surface area contributed by atoms with E-state index in [0.717, 1.165) is 11.3 Å². The lowest BCUT2D eigenvalue weighted by Crippen LogP contribution is -2.27. The Morgan fingerprint density at radius 3 is 2.48 bits per heavy atom. The van der Waals surface area contributed by atoms with Gasteiger partial charge in [0.1, 0.15) is 5.69 Å². The first-order valence-corrected chi connectivity index (χ1v) is 11.5. The molecule has 0 saturated heterocycles. The third kappa shape index (κ3) is 5.32. The summed E-state index contributed by atoms with van der Waals surface area (Å²) in [4.78, 5) is 13.0. The van der Waals surface area contributed by atoms with Crippen molar-refractivity contribution < 1.29 is 18.5 Å². The fraction of sp³-hybridized carbons (Fsp3) is 0.304. The largest absolute Gasteiger partial charge is 0.493 e. The molecule has 1 heterocycles. The molecule has 0 aliphatic rings. The number of carbonyl (C=O) groups is 1. The zero-order valence-electron chi connectivity index (χ0n) is 18.1. The second-order valence-electron chi connectivity index (χ2n) is 7.10. The minimum atomic E-state index is -0.925. The molecule has 3 aromatic rings. The Bertz CT molecular complexity index is 1070. The summed E-state index contributed by atoms with van der Waals surface area (Å²) in [5.41, 5.74) is 2.56. The molecule has 2 aromatic carbocycles. The number of aromatic nitrogens is 2. The lowest BCUT2D eigenvalue weighted by Gasteiger charge is -2.10. The Morgan fingerprint density at radius 2 is 1.84 bits per heavy atom. The summed E-state index contributed by atoms with van der Waals surface area (Å²) >= 11 is 0. The van der Waals surface area contributed by atoms with Crippen LogP contribution in [-0.4, -0.2) is 52.2 Å². The molecule has 2 unspecified atom stereocenters. The third-order valence-electron chi connectivity index (χ3n) is 5.04. The van der Waals surface area contributed by atoms with E-state index in [9.17, 15) is 9.00 Å². The summed E-state index contributed by atoms with van der Waals surface area (Å²) in [6.07, 6.45) is 4.02. The average molecular weight is 442 g/mol. The number of benzene rings is 2. The van der Waals surface area contributed by atoms with Gasteiger partial charge in [-0.2, -0.15) is 5.10 Å². The number of rotatable bonds is 9. The Morgan fingerprint density at radius 1 is 1.13 bits per heavy atom. The van der Waals surface area contributed by atoms with Crippen molar-refractivity contribution in [3.05, 3.63) is 60.3 Å². The number of carbonyl (C=O) groups excluding carboxylic acids is 1. The minimum absolute atomic E-state index is 0.0117. The van der Waals surface area contributed by atoms with Crippen LogP contribution in [-0.2, 0) is 10.8 Å². The van der Waals surface area contributed by atoms with E-state index in [2.05, 4.69) is 10.4 Å². The highest BCUT2D eigenvalue weighted by molar-refractivity contribution is 7.84. The lowest BCUT2D eigenvalue weighted by atomic mass is 10.1. The van der Waals surface area contributed by atoms with Crippen LogP contribution in [0.1, 0.15) is 23.7 Å². The molecule has 0 aliphatic heterocycles. The summed E-state index contributed by atoms with van der Waals surface area (Å²) < 4.78 is 24.0. The Kier molecular flexibility index (Phi) is 7.46. The summed E-state index contributed by atoms with van der Waals surface area (Å²) in [5, 5.41) is 7.62. The Hall–Kier alpha value is -3.13. The number of para-hydroxylation sites is 1. The SMILES string of the molecule is COc1ccc(-c2nn(-c3ccccc3)cc2C(=O)NCCC(C)S(C)=O)cc1OC. The van der Waals surface area contributed by atoms with Crippen molar-refractivity contribution in [1.29, 1.82) is 0 Å². The molecule has 31 heavy (non-hydrogen) atoms. The van der Waals surface area contributed by atoms with Crippen LogP contribution in [0.3, 0.4) is 0 Å². The predicted octanol–water partition coefficient (Wildman–Crippen LogP) is 3.44. The van der Waals surface area contributed by atoms with Crippen LogP contribution < -0.4 is 14.8 Å². The molecular weight excluding hydrogens is 414 g/mol. The number of nitrogens with one attached hydrogen (secondary N) is 1. The number of amides is 1. The van der Waals surface area contributed by atoms with Crippen molar-refractivity contribution in [2.45, 2.75) is 18.6 Å². The van der Waals surface area contributed by atoms with Gasteiger partial charge in [-0.05, 0) is 36.8 Å². The van der Waals surface area contributed by atoms with Crippen LogP contribution in [0.15, 0.2) is 54.7 Å². The molecule has 3 rings (SSSR count). The maximum absolute atomic E-state index is 13.0. The molecule has 0 aliphatic carbocycles. The van der Waals surface area contributed by atoms with Crippen molar-refractivity contribution in [3.8, 4) is 28.4 Å². The third-order valence-corrected chi connectivity index (χ3v) is 6.41. The Labute approximate surface area is 184 Å². The molecule has 0 spiro atoms. The maximum Gasteiger partial charge on any atom is 0.255 e. The van der Waals surface area contributed by atoms with E-state index in [0.29, 0.717) is 35.7 Å². The zero-order valence-corrected chi connectivity index (χ0v) is 18.9. The van der Waals surface area contributed by atoms with Gasteiger partial charge in [0.25, 0.3) is 5.91 Å². The molecule has 0 saturated carbocycles. The number of ether oxygens (including phenoxy) is 2. The molecule has 0 radical (unpaired) electrons. The van der Waals surface area contributed by atoms with E-state index in [1.807, 2.05) is 43.3 Å². The van der Waals surface area contributed by atoms with Crippen LogP contribution in [0.5, 0.6) is 11.5 Å². The highest BCUT2D eigenvalue weighted by Gasteiger charge is 2.20.